The molecule has 0 heterocycles. The number of rotatable bonds is 5. The number of nitrogens with one attached hydrogen (secondary N) is 1. The van der Waals surface area contributed by atoms with E-state index in [1.165, 1.54) is 0 Å². The number of ether oxygens (including phenoxy) is 2. The second kappa shape index (κ2) is 6.12. The molecule has 0 aliphatic heterocycles. The highest BCUT2D eigenvalue weighted by Crippen LogP contribution is 2.33. The molecule has 1 aromatic rings. The zero-order valence-corrected chi connectivity index (χ0v) is 10.7. The van der Waals surface area contributed by atoms with E-state index in [4.69, 9.17) is 14.7 Å². The van der Waals surface area contributed by atoms with Crippen LogP contribution in [-0.2, 0) is 0 Å². The molecule has 1 N–H and O–H groups in total. The Hall–Kier alpha value is -1.73. The van der Waals surface area contributed by atoms with E-state index in [0.29, 0.717) is 6.42 Å². The molecule has 0 radical (unpaired) electrons. The number of nitrogens with zero attached hydrogens (tertiary/aromatic N) is 1. The Morgan fingerprint density at radius 3 is 2.41 bits per heavy atom. The van der Waals surface area contributed by atoms with Crippen LogP contribution in [0.2, 0.25) is 0 Å². The molecule has 0 aliphatic carbocycles. The van der Waals surface area contributed by atoms with Gasteiger partial charge in [-0.15, -0.1) is 0 Å². The van der Waals surface area contributed by atoms with Crippen LogP contribution < -0.4 is 14.8 Å². The van der Waals surface area contributed by atoms with Crippen LogP contribution in [0.4, 0.5) is 0 Å². The van der Waals surface area contributed by atoms with E-state index in [1.54, 1.807) is 14.2 Å². The van der Waals surface area contributed by atoms with Gasteiger partial charge in [-0.3, -0.25) is 0 Å². The van der Waals surface area contributed by atoms with Crippen LogP contribution >= 0.6 is 0 Å². The summed E-state index contributed by atoms with van der Waals surface area (Å²) in [5.74, 6) is 1.58. The van der Waals surface area contributed by atoms with Crippen molar-refractivity contribution in [2.75, 3.05) is 21.3 Å². The fourth-order valence-corrected chi connectivity index (χ4v) is 1.81. The number of benzene rings is 1. The molecule has 4 heteroatoms. The van der Waals surface area contributed by atoms with E-state index in [-0.39, 0.29) is 6.04 Å². The van der Waals surface area contributed by atoms with Crippen molar-refractivity contribution in [3.05, 3.63) is 23.3 Å². The van der Waals surface area contributed by atoms with Gasteiger partial charge in [-0.1, -0.05) is 0 Å². The van der Waals surface area contributed by atoms with E-state index in [9.17, 15) is 0 Å². The third kappa shape index (κ3) is 2.89. The molecule has 1 unspecified atom stereocenters. The minimum atomic E-state index is -0.0514. The fourth-order valence-electron chi connectivity index (χ4n) is 1.81. The SMILES string of the molecule is CNC(CC#N)c1cc(OC)c(C)cc1OC. The average Bonchev–Trinajstić information content (AvgIpc) is 2.35. The third-order valence-corrected chi connectivity index (χ3v) is 2.77. The summed E-state index contributed by atoms with van der Waals surface area (Å²) in [6.45, 7) is 1.96. The molecule has 1 atom stereocenters. The molecule has 1 aromatic carbocycles. The Kier molecular flexibility index (Phi) is 4.80. The molecule has 92 valence electrons. The normalized spacial score (nSPS) is 11.7. The summed E-state index contributed by atoms with van der Waals surface area (Å²) in [4.78, 5) is 0. The summed E-state index contributed by atoms with van der Waals surface area (Å²) in [6, 6.07) is 5.96. The van der Waals surface area contributed by atoms with E-state index in [1.807, 2.05) is 26.1 Å². The van der Waals surface area contributed by atoms with E-state index in [2.05, 4.69) is 11.4 Å². The zero-order chi connectivity index (χ0) is 12.8. The molecule has 17 heavy (non-hydrogen) atoms. The van der Waals surface area contributed by atoms with Crippen LogP contribution in [0.3, 0.4) is 0 Å². The van der Waals surface area contributed by atoms with Gasteiger partial charge < -0.3 is 14.8 Å². The maximum atomic E-state index is 8.81. The van der Waals surface area contributed by atoms with E-state index < -0.39 is 0 Å². The summed E-state index contributed by atoms with van der Waals surface area (Å²) in [5.41, 5.74) is 1.96. The molecule has 0 aromatic heterocycles. The Morgan fingerprint density at radius 2 is 1.94 bits per heavy atom. The predicted octanol–water partition coefficient (Wildman–Crippen LogP) is 2.19. The summed E-state index contributed by atoms with van der Waals surface area (Å²) >= 11 is 0. The highest BCUT2D eigenvalue weighted by molar-refractivity contribution is 5.47. The quantitative estimate of drug-likeness (QED) is 0.848. The van der Waals surface area contributed by atoms with Crippen molar-refractivity contribution in [2.24, 2.45) is 0 Å². The Bertz CT molecular complexity index is 424. The van der Waals surface area contributed by atoms with Crippen molar-refractivity contribution in [3.63, 3.8) is 0 Å². The van der Waals surface area contributed by atoms with E-state index >= 15 is 0 Å². The molecule has 4 nitrogen and oxygen atoms in total. The van der Waals surface area contributed by atoms with Gasteiger partial charge in [-0.05, 0) is 31.7 Å². The van der Waals surface area contributed by atoms with Crippen molar-refractivity contribution >= 4 is 0 Å². The number of aryl methyl sites for hydroxylation is 1. The summed E-state index contributed by atoms with van der Waals surface area (Å²) in [7, 11) is 5.09. The summed E-state index contributed by atoms with van der Waals surface area (Å²) in [5, 5.41) is 11.9. The summed E-state index contributed by atoms with van der Waals surface area (Å²) in [6.07, 6.45) is 0.388. The molecular formula is C13H18N2O2. The Balaban J connectivity index is 3.24. The van der Waals surface area contributed by atoms with Gasteiger partial charge in [-0.25, -0.2) is 0 Å². The Morgan fingerprint density at radius 1 is 1.29 bits per heavy atom. The van der Waals surface area contributed by atoms with Crippen LogP contribution in [0.1, 0.15) is 23.6 Å². The molecule has 0 spiro atoms. The number of nitriles is 1. The highest BCUT2D eigenvalue weighted by atomic mass is 16.5. The first-order valence-electron chi connectivity index (χ1n) is 5.44. The van der Waals surface area contributed by atoms with Crippen molar-refractivity contribution in [3.8, 4) is 17.6 Å². The first kappa shape index (κ1) is 13.3. The van der Waals surface area contributed by atoms with Gasteiger partial charge >= 0.3 is 0 Å². The Labute approximate surface area is 102 Å². The smallest absolute Gasteiger partial charge is 0.124 e. The topological polar surface area (TPSA) is 54.3 Å². The number of methoxy groups -OCH3 is 2. The largest absolute Gasteiger partial charge is 0.496 e. The molecule has 0 amide bonds. The van der Waals surface area contributed by atoms with Crippen molar-refractivity contribution in [1.82, 2.24) is 5.32 Å². The zero-order valence-electron chi connectivity index (χ0n) is 10.7. The van der Waals surface area contributed by atoms with Gasteiger partial charge in [0.2, 0.25) is 0 Å². The minimum Gasteiger partial charge on any atom is -0.496 e. The van der Waals surface area contributed by atoms with Crippen LogP contribution in [0, 0.1) is 18.3 Å². The first-order valence-corrected chi connectivity index (χ1v) is 5.44. The van der Waals surface area contributed by atoms with Crippen molar-refractivity contribution in [1.29, 1.82) is 5.26 Å². The van der Waals surface area contributed by atoms with Crippen LogP contribution in [-0.4, -0.2) is 21.3 Å². The molecular weight excluding hydrogens is 216 g/mol. The van der Waals surface area contributed by atoms with Gasteiger partial charge in [0.25, 0.3) is 0 Å². The van der Waals surface area contributed by atoms with E-state index in [0.717, 1.165) is 22.6 Å². The summed E-state index contributed by atoms with van der Waals surface area (Å²) < 4.78 is 10.6. The number of hydrogen-bond acceptors (Lipinski definition) is 4. The molecule has 1 rings (SSSR count). The predicted molar refractivity (Wildman–Crippen MR) is 66.3 cm³/mol. The standard InChI is InChI=1S/C13H18N2O2/c1-9-7-13(17-4)10(8-12(9)16-3)11(15-2)5-6-14/h7-8,11,15H,5H2,1-4H3. The maximum absolute atomic E-state index is 8.81. The lowest BCUT2D eigenvalue weighted by molar-refractivity contribution is 0.390. The molecule has 0 bridgehead atoms. The second-order valence-electron chi connectivity index (χ2n) is 3.77. The highest BCUT2D eigenvalue weighted by Gasteiger charge is 2.16. The lowest BCUT2D eigenvalue weighted by Crippen LogP contribution is -2.16. The third-order valence-electron chi connectivity index (χ3n) is 2.77. The minimum absolute atomic E-state index is 0.0514. The van der Waals surface area contributed by atoms with Crippen molar-refractivity contribution < 1.29 is 9.47 Å². The van der Waals surface area contributed by atoms with Crippen molar-refractivity contribution in [2.45, 2.75) is 19.4 Å². The number of hydrogen-bond donors (Lipinski definition) is 1. The van der Waals surface area contributed by atoms with Gasteiger partial charge in [0.15, 0.2) is 0 Å². The maximum Gasteiger partial charge on any atom is 0.124 e. The monoisotopic (exact) mass is 234 g/mol. The first-order chi connectivity index (χ1) is 8.17. The fraction of sp³-hybridized carbons (Fsp3) is 0.462. The van der Waals surface area contributed by atoms with Crippen LogP contribution in [0.5, 0.6) is 11.5 Å². The second-order valence-corrected chi connectivity index (χ2v) is 3.77. The van der Waals surface area contributed by atoms with Crippen LogP contribution in [0.25, 0.3) is 0 Å². The molecule has 0 saturated heterocycles. The molecule has 0 fully saturated rings. The average molecular weight is 234 g/mol. The lowest BCUT2D eigenvalue weighted by atomic mass is 10.0. The van der Waals surface area contributed by atoms with Gasteiger partial charge in [-0.2, -0.15) is 5.26 Å². The van der Waals surface area contributed by atoms with Gasteiger partial charge in [0.1, 0.15) is 11.5 Å². The van der Waals surface area contributed by atoms with Gasteiger partial charge in [0, 0.05) is 11.6 Å². The molecule has 0 aliphatic rings. The lowest BCUT2D eigenvalue weighted by Gasteiger charge is -2.19. The van der Waals surface area contributed by atoms with Crippen LogP contribution in [0.15, 0.2) is 12.1 Å². The molecule has 0 saturated carbocycles. The van der Waals surface area contributed by atoms with Gasteiger partial charge in [0.05, 0.1) is 26.7 Å².